The highest BCUT2D eigenvalue weighted by molar-refractivity contribution is 5.85. The lowest BCUT2D eigenvalue weighted by Gasteiger charge is -2.40. The molecule has 1 aliphatic rings. The number of ether oxygens (including phenoxy) is 2. The van der Waals surface area contributed by atoms with Crippen molar-refractivity contribution in [3.8, 4) is 34.3 Å². The van der Waals surface area contributed by atoms with Crippen LogP contribution in [0, 0.1) is 0 Å². The predicted molar refractivity (Wildman–Crippen MR) is 170 cm³/mol. The molecule has 0 spiro atoms. The van der Waals surface area contributed by atoms with Gasteiger partial charge in [-0.15, -0.1) is 0 Å². The fraction of sp³-hybridized carbons (Fsp3) is 0.0256. The molecule has 0 bridgehead atoms. The van der Waals surface area contributed by atoms with Crippen LogP contribution in [-0.4, -0.2) is 9.97 Å². The van der Waals surface area contributed by atoms with Gasteiger partial charge >= 0.3 is 0 Å². The zero-order valence-electron chi connectivity index (χ0n) is 23.2. The minimum atomic E-state index is -0.705. The minimum Gasteiger partial charge on any atom is -0.457 e. The van der Waals surface area contributed by atoms with Gasteiger partial charge in [-0.2, -0.15) is 0 Å². The summed E-state index contributed by atoms with van der Waals surface area (Å²) in [6.45, 7) is 0. The van der Waals surface area contributed by atoms with Crippen LogP contribution in [0.4, 0.5) is 0 Å². The molecule has 4 nitrogen and oxygen atoms in total. The smallest absolute Gasteiger partial charge is 0.132 e. The van der Waals surface area contributed by atoms with Crippen LogP contribution in [0.1, 0.15) is 22.4 Å². The van der Waals surface area contributed by atoms with Crippen LogP contribution >= 0.6 is 0 Å². The molecule has 43 heavy (non-hydrogen) atoms. The van der Waals surface area contributed by atoms with Crippen molar-refractivity contribution < 1.29 is 9.47 Å². The molecule has 5 aromatic carbocycles. The summed E-state index contributed by atoms with van der Waals surface area (Å²) < 4.78 is 13.0. The molecule has 3 heterocycles. The molecule has 1 aliphatic heterocycles. The maximum absolute atomic E-state index is 6.54. The Morgan fingerprint density at radius 2 is 1.21 bits per heavy atom. The second kappa shape index (κ2) is 10.3. The van der Waals surface area contributed by atoms with E-state index in [2.05, 4.69) is 66.7 Å². The van der Waals surface area contributed by atoms with Crippen LogP contribution in [0.15, 0.2) is 158 Å². The van der Waals surface area contributed by atoms with E-state index < -0.39 is 5.41 Å². The number of nitrogens with zero attached hydrogens (tertiary/aromatic N) is 2. The van der Waals surface area contributed by atoms with Crippen molar-refractivity contribution in [2.75, 3.05) is 0 Å². The average molecular weight is 555 g/mol. The Bertz CT molecular complexity index is 2060. The molecule has 0 atom stereocenters. The van der Waals surface area contributed by atoms with Crippen molar-refractivity contribution in [1.82, 2.24) is 9.97 Å². The van der Waals surface area contributed by atoms with E-state index in [1.54, 1.807) is 0 Å². The number of para-hydroxylation sites is 2. The van der Waals surface area contributed by atoms with Gasteiger partial charge in [0.05, 0.1) is 16.8 Å². The van der Waals surface area contributed by atoms with Gasteiger partial charge in [-0.25, -0.2) is 0 Å². The zero-order valence-corrected chi connectivity index (χ0v) is 23.2. The molecule has 0 radical (unpaired) electrons. The van der Waals surface area contributed by atoms with E-state index in [1.165, 1.54) is 0 Å². The monoisotopic (exact) mass is 554 g/mol. The fourth-order valence-corrected chi connectivity index (χ4v) is 6.20. The number of hydrogen-bond acceptors (Lipinski definition) is 4. The van der Waals surface area contributed by atoms with E-state index in [0.717, 1.165) is 67.4 Å². The third-order valence-corrected chi connectivity index (χ3v) is 8.11. The Morgan fingerprint density at radius 3 is 1.98 bits per heavy atom. The molecule has 8 rings (SSSR count). The van der Waals surface area contributed by atoms with E-state index in [4.69, 9.17) is 19.4 Å². The molecule has 0 fully saturated rings. The van der Waals surface area contributed by atoms with Crippen molar-refractivity contribution in [2.24, 2.45) is 0 Å². The molecule has 0 amide bonds. The maximum Gasteiger partial charge on any atom is 0.132 e. The Labute approximate surface area is 249 Å². The Balaban J connectivity index is 1.24. The van der Waals surface area contributed by atoms with Gasteiger partial charge in [0, 0.05) is 34.5 Å². The van der Waals surface area contributed by atoms with Crippen LogP contribution in [0.3, 0.4) is 0 Å². The summed E-state index contributed by atoms with van der Waals surface area (Å²) >= 11 is 0. The summed E-state index contributed by atoms with van der Waals surface area (Å²) in [6.07, 6.45) is 3.77. The molecule has 7 aromatic rings. The lowest BCUT2D eigenvalue weighted by Crippen LogP contribution is -2.35. The molecule has 0 aliphatic carbocycles. The van der Waals surface area contributed by atoms with E-state index >= 15 is 0 Å². The third kappa shape index (κ3) is 4.23. The summed E-state index contributed by atoms with van der Waals surface area (Å²) in [4.78, 5) is 9.64. The highest BCUT2D eigenvalue weighted by atomic mass is 16.5. The number of hydrogen-bond donors (Lipinski definition) is 0. The second-order valence-electron chi connectivity index (χ2n) is 10.6. The van der Waals surface area contributed by atoms with Gasteiger partial charge in [0.1, 0.15) is 23.0 Å². The van der Waals surface area contributed by atoms with Crippen molar-refractivity contribution in [2.45, 2.75) is 5.41 Å². The normalized spacial score (nSPS) is 13.0. The summed E-state index contributed by atoms with van der Waals surface area (Å²) in [6, 6.07) is 49.3. The molecule has 0 N–H and O–H groups in total. The van der Waals surface area contributed by atoms with E-state index in [1.807, 2.05) is 91.3 Å². The Morgan fingerprint density at radius 1 is 0.535 bits per heavy atom. The first kappa shape index (κ1) is 25.0. The lowest BCUT2D eigenvalue weighted by atomic mass is 9.65. The quantitative estimate of drug-likeness (QED) is 0.212. The first-order valence-electron chi connectivity index (χ1n) is 14.3. The van der Waals surface area contributed by atoms with Crippen molar-refractivity contribution in [3.63, 3.8) is 0 Å². The molecule has 204 valence electrons. The van der Waals surface area contributed by atoms with E-state index in [9.17, 15) is 0 Å². The van der Waals surface area contributed by atoms with Crippen LogP contribution in [0.5, 0.6) is 23.0 Å². The molecule has 0 saturated heterocycles. The average Bonchev–Trinajstić information content (AvgIpc) is 3.07. The summed E-state index contributed by atoms with van der Waals surface area (Å²) in [5.74, 6) is 3.10. The molecule has 2 aromatic heterocycles. The summed E-state index contributed by atoms with van der Waals surface area (Å²) in [5.41, 5.74) is 5.23. The first-order chi connectivity index (χ1) is 21.3. The van der Waals surface area contributed by atoms with Gasteiger partial charge < -0.3 is 9.47 Å². The fourth-order valence-electron chi connectivity index (χ4n) is 6.20. The van der Waals surface area contributed by atoms with Gasteiger partial charge in [0.2, 0.25) is 0 Å². The number of pyridine rings is 2. The van der Waals surface area contributed by atoms with Crippen LogP contribution in [0.25, 0.3) is 22.0 Å². The predicted octanol–water partition coefficient (Wildman–Crippen LogP) is 9.58. The summed E-state index contributed by atoms with van der Waals surface area (Å²) in [7, 11) is 0. The van der Waals surface area contributed by atoms with Crippen LogP contribution in [-0.2, 0) is 5.41 Å². The number of benzene rings is 5. The first-order valence-corrected chi connectivity index (χ1v) is 14.3. The highest BCUT2D eigenvalue weighted by Crippen LogP contribution is 2.55. The lowest BCUT2D eigenvalue weighted by molar-refractivity contribution is 0.431. The largest absolute Gasteiger partial charge is 0.457 e. The van der Waals surface area contributed by atoms with Gasteiger partial charge in [-0.05, 0) is 65.5 Å². The topological polar surface area (TPSA) is 44.2 Å². The van der Waals surface area contributed by atoms with Crippen LogP contribution in [0.2, 0.25) is 0 Å². The number of rotatable bonds is 5. The van der Waals surface area contributed by atoms with Gasteiger partial charge in [0.25, 0.3) is 0 Å². The zero-order chi connectivity index (χ0) is 28.6. The number of aromatic nitrogens is 2. The molecule has 0 unspecified atom stereocenters. The standard InChI is InChI=1S/C39H26N2O2/c1-2-12-29-26-41-35(24-27(29)11-1)28-13-9-15-31(23-28)42-32-16-10-14-30(25-32)39(38-21-7-8-22-40-38)33-17-3-5-19-36(33)43-37-20-6-4-18-34(37)39/h1-26H. The molecule has 4 heteroatoms. The third-order valence-electron chi connectivity index (χ3n) is 8.11. The van der Waals surface area contributed by atoms with Crippen molar-refractivity contribution in [1.29, 1.82) is 0 Å². The minimum absolute atomic E-state index is 0.705. The van der Waals surface area contributed by atoms with E-state index in [-0.39, 0.29) is 0 Å². The maximum atomic E-state index is 6.54. The molecular formula is C39H26N2O2. The van der Waals surface area contributed by atoms with Crippen molar-refractivity contribution >= 4 is 10.8 Å². The molecule has 0 saturated carbocycles. The van der Waals surface area contributed by atoms with E-state index in [0.29, 0.717) is 0 Å². The Hall–Kier alpha value is -5.74. The van der Waals surface area contributed by atoms with Crippen LogP contribution < -0.4 is 9.47 Å². The number of fused-ring (bicyclic) bond motifs is 3. The summed E-state index contributed by atoms with van der Waals surface area (Å²) in [5, 5.41) is 2.27. The Kier molecular flexibility index (Phi) is 5.97. The SMILES string of the molecule is c1ccc(C2(c3cccc(Oc4cccc(-c5cc6ccccc6cn5)c4)c3)c3ccccc3Oc3ccccc32)nc1. The second-order valence-corrected chi connectivity index (χ2v) is 10.6. The van der Waals surface area contributed by atoms with Gasteiger partial charge in [-0.1, -0.05) is 91.0 Å². The highest BCUT2D eigenvalue weighted by Gasteiger charge is 2.46. The van der Waals surface area contributed by atoms with Gasteiger partial charge in [0.15, 0.2) is 0 Å². The van der Waals surface area contributed by atoms with Crippen molar-refractivity contribution in [3.05, 3.63) is 180 Å². The van der Waals surface area contributed by atoms with Gasteiger partial charge in [-0.3, -0.25) is 9.97 Å². The molecular weight excluding hydrogens is 528 g/mol.